The fourth-order valence-corrected chi connectivity index (χ4v) is 5.10. The highest BCUT2D eigenvalue weighted by Crippen LogP contribution is 2.50. The third-order valence-electron chi connectivity index (χ3n) is 6.57. The first-order chi connectivity index (χ1) is 15.8. The van der Waals surface area contributed by atoms with E-state index in [4.69, 9.17) is 21.1 Å². The van der Waals surface area contributed by atoms with Gasteiger partial charge in [-0.25, -0.2) is 0 Å². The number of nitrogens with zero attached hydrogens (tertiary/aromatic N) is 3. The number of likely N-dealkylation sites (tertiary alicyclic amines) is 1. The van der Waals surface area contributed by atoms with Gasteiger partial charge in [0.1, 0.15) is 17.1 Å². The Morgan fingerprint density at radius 2 is 1.94 bits per heavy atom. The molecule has 0 aliphatic carbocycles. The number of rotatable bonds is 3. The Morgan fingerprint density at radius 3 is 2.64 bits per heavy atom. The van der Waals surface area contributed by atoms with Crippen molar-refractivity contribution in [3.05, 3.63) is 64.3 Å². The van der Waals surface area contributed by atoms with Crippen LogP contribution in [0.25, 0.3) is 11.3 Å². The molecule has 2 aliphatic rings. The molecule has 0 saturated carbocycles. The molecule has 2 aliphatic heterocycles. The summed E-state index contributed by atoms with van der Waals surface area (Å²) in [6.45, 7) is 7.19. The maximum Gasteiger partial charge on any atom is 0.253 e. The van der Waals surface area contributed by atoms with Gasteiger partial charge in [0.2, 0.25) is 0 Å². The fourth-order valence-electron chi connectivity index (χ4n) is 4.93. The third kappa shape index (κ3) is 3.76. The largest absolute Gasteiger partial charge is 0.491 e. The molecule has 1 amide bonds. The molecule has 1 spiro atoms. The highest BCUT2D eigenvalue weighted by molar-refractivity contribution is 6.31. The van der Waals surface area contributed by atoms with Gasteiger partial charge in [-0.15, -0.1) is 0 Å². The zero-order valence-electron chi connectivity index (χ0n) is 19.4. The van der Waals surface area contributed by atoms with E-state index in [0.717, 1.165) is 33.9 Å². The molecule has 1 aromatic heterocycles. The van der Waals surface area contributed by atoms with Crippen LogP contribution >= 0.6 is 11.6 Å². The van der Waals surface area contributed by atoms with Crippen LogP contribution in [0.3, 0.4) is 0 Å². The molecule has 0 unspecified atom stereocenters. The molecule has 1 saturated heterocycles. The number of hydrogen-bond acceptors (Lipinski definition) is 4. The lowest BCUT2D eigenvalue weighted by Crippen LogP contribution is -2.49. The van der Waals surface area contributed by atoms with E-state index in [1.807, 2.05) is 80.0 Å². The van der Waals surface area contributed by atoms with Crippen LogP contribution in [0, 0.1) is 6.92 Å². The Balaban J connectivity index is 1.37. The average molecular weight is 466 g/mol. The van der Waals surface area contributed by atoms with E-state index >= 15 is 0 Å². The van der Waals surface area contributed by atoms with Crippen LogP contribution in [0.2, 0.25) is 5.02 Å². The number of aryl methyl sites for hydroxylation is 2. The number of carbonyl (C=O) groups is 1. The molecule has 0 bridgehead atoms. The number of ether oxygens (including phenoxy) is 2. The summed E-state index contributed by atoms with van der Waals surface area (Å²) in [6, 6.07) is 11.4. The van der Waals surface area contributed by atoms with Gasteiger partial charge in [0.25, 0.3) is 5.91 Å². The molecule has 0 atom stereocenters. The predicted molar refractivity (Wildman–Crippen MR) is 128 cm³/mol. The maximum absolute atomic E-state index is 13.3. The second-order valence-corrected chi connectivity index (χ2v) is 9.64. The SMILES string of the molecule is Cc1cc(C(=O)N2CCC3(CC2)Oc2ccc(Cl)cc2-c2c3cnn2C)ccc1OC(C)C. The summed E-state index contributed by atoms with van der Waals surface area (Å²) in [5.74, 6) is 1.67. The van der Waals surface area contributed by atoms with Crippen molar-refractivity contribution >= 4 is 17.5 Å². The predicted octanol–water partition coefficient (Wildman–Crippen LogP) is 5.36. The Morgan fingerprint density at radius 1 is 1.18 bits per heavy atom. The average Bonchev–Trinajstić information content (AvgIpc) is 3.18. The zero-order chi connectivity index (χ0) is 23.3. The number of piperidine rings is 1. The van der Waals surface area contributed by atoms with Crippen LogP contribution in [-0.2, 0) is 12.6 Å². The topological polar surface area (TPSA) is 56.6 Å². The second-order valence-electron chi connectivity index (χ2n) is 9.21. The Kier molecular flexibility index (Phi) is 5.36. The zero-order valence-corrected chi connectivity index (χ0v) is 20.1. The summed E-state index contributed by atoms with van der Waals surface area (Å²) in [7, 11) is 1.94. The molecule has 5 rings (SSSR count). The van der Waals surface area contributed by atoms with E-state index in [-0.39, 0.29) is 12.0 Å². The van der Waals surface area contributed by atoms with Crippen molar-refractivity contribution in [2.75, 3.05) is 13.1 Å². The van der Waals surface area contributed by atoms with Crippen molar-refractivity contribution in [3.63, 3.8) is 0 Å². The first-order valence-corrected chi connectivity index (χ1v) is 11.7. The summed E-state index contributed by atoms with van der Waals surface area (Å²) in [4.78, 5) is 15.2. The molecule has 6 nitrogen and oxygen atoms in total. The van der Waals surface area contributed by atoms with E-state index < -0.39 is 5.60 Å². The van der Waals surface area contributed by atoms with Crippen molar-refractivity contribution in [1.82, 2.24) is 14.7 Å². The number of carbonyl (C=O) groups excluding carboxylic acids is 1. The third-order valence-corrected chi connectivity index (χ3v) is 6.81. The summed E-state index contributed by atoms with van der Waals surface area (Å²) in [6.07, 6.45) is 3.39. The lowest BCUT2D eigenvalue weighted by molar-refractivity contribution is -0.00172. The van der Waals surface area contributed by atoms with E-state index in [9.17, 15) is 4.79 Å². The fraction of sp³-hybridized carbons (Fsp3) is 0.385. The Hall–Kier alpha value is -2.99. The molecule has 7 heteroatoms. The van der Waals surface area contributed by atoms with Crippen LogP contribution in [0.4, 0.5) is 0 Å². The lowest BCUT2D eigenvalue weighted by atomic mass is 9.81. The number of aromatic nitrogens is 2. The van der Waals surface area contributed by atoms with E-state index in [2.05, 4.69) is 5.10 Å². The van der Waals surface area contributed by atoms with Gasteiger partial charge < -0.3 is 14.4 Å². The van der Waals surface area contributed by atoms with Crippen LogP contribution in [-0.4, -0.2) is 39.8 Å². The van der Waals surface area contributed by atoms with Gasteiger partial charge in [0.05, 0.1) is 18.0 Å². The molecule has 172 valence electrons. The smallest absolute Gasteiger partial charge is 0.253 e. The van der Waals surface area contributed by atoms with E-state index in [1.165, 1.54) is 0 Å². The van der Waals surface area contributed by atoms with Gasteiger partial charge in [-0.2, -0.15) is 5.10 Å². The maximum atomic E-state index is 13.3. The molecular formula is C26H28ClN3O3. The quantitative estimate of drug-likeness (QED) is 0.522. The number of benzene rings is 2. The molecule has 1 fully saturated rings. The van der Waals surface area contributed by atoms with Gasteiger partial charge in [-0.1, -0.05) is 11.6 Å². The van der Waals surface area contributed by atoms with Crippen molar-refractivity contribution < 1.29 is 14.3 Å². The van der Waals surface area contributed by atoms with E-state index in [1.54, 1.807) is 0 Å². The number of fused-ring (bicyclic) bond motifs is 4. The molecule has 3 aromatic rings. The molecule has 2 aromatic carbocycles. The number of halogens is 1. The Labute approximate surface area is 199 Å². The number of amides is 1. The van der Waals surface area contributed by atoms with Crippen molar-refractivity contribution in [2.24, 2.45) is 7.05 Å². The van der Waals surface area contributed by atoms with Crippen molar-refractivity contribution in [3.8, 4) is 22.8 Å². The highest BCUT2D eigenvalue weighted by Gasteiger charge is 2.46. The minimum atomic E-state index is -0.494. The molecular weight excluding hydrogens is 438 g/mol. The molecule has 3 heterocycles. The summed E-state index contributed by atoms with van der Waals surface area (Å²) < 4.78 is 14.3. The van der Waals surface area contributed by atoms with Gasteiger partial charge >= 0.3 is 0 Å². The van der Waals surface area contributed by atoms with Crippen molar-refractivity contribution in [2.45, 2.75) is 45.3 Å². The van der Waals surface area contributed by atoms with Gasteiger partial charge in [0, 0.05) is 54.7 Å². The van der Waals surface area contributed by atoms with Gasteiger partial charge in [-0.3, -0.25) is 9.48 Å². The van der Waals surface area contributed by atoms with Crippen LogP contribution < -0.4 is 9.47 Å². The highest BCUT2D eigenvalue weighted by atomic mass is 35.5. The molecule has 0 radical (unpaired) electrons. The normalized spacial score (nSPS) is 16.4. The Bertz CT molecular complexity index is 1230. The van der Waals surface area contributed by atoms with Crippen molar-refractivity contribution in [1.29, 1.82) is 0 Å². The minimum absolute atomic E-state index is 0.0402. The molecule has 0 N–H and O–H groups in total. The van der Waals surface area contributed by atoms with Crippen LogP contribution in [0.1, 0.15) is 48.2 Å². The lowest BCUT2D eigenvalue weighted by Gasteiger charge is -2.44. The van der Waals surface area contributed by atoms with Crippen LogP contribution in [0.5, 0.6) is 11.5 Å². The van der Waals surface area contributed by atoms with E-state index in [0.29, 0.717) is 36.5 Å². The van der Waals surface area contributed by atoms with Gasteiger partial charge in [-0.05, 0) is 62.7 Å². The first-order valence-electron chi connectivity index (χ1n) is 11.4. The standard InChI is InChI=1S/C26H28ClN3O3/c1-16(2)32-22-7-5-18(13-17(22)3)25(31)30-11-9-26(10-12-30)21-15-28-29(4)24(21)20-14-19(27)6-8-23(20)33-26/h5-8,13-16H,9-12H2,1-4H3. The summed E-state index contributed by atoms with van der Waals surface area (Å²) >= 11 is 6.26. The monoisotopic (exact) mass is 465 g/mol. The number of hydrogen-bond donors (Lipinski definition) is 0. The van der Waals surface area contributed by atoms with Crippen LogP contribution in [0.15, 0.2) is 42.6 Å². The summed E-state index contributed by atoms with van der Waals surface area (Å²) in [5, 5.41) is 5.19. The second kappa shape index (κ2) is 8.10. The first kappa shape index (κ1) is 21.8. The minimum Gasteiger partial charge on any atom is -0.491 e. The summed E-state index contributed by atoms with van der Waals surface area (Å²) in [5.41, 5.74) is 4.22. The molecule has 33 heavy (non-hydrogen) atoms. The van der Waals surface area contributed by atoms with Gasteiger partial charge in [0.15, 0.2) is 0 Å².